The van der Waals surface area contributed by atoms with E-state index in [0.717, 1.165) is 38.4 Å². The predicted molar refractivity (Wildman–Crippen MR) is 133 cm³/mol. The molecule has 1 aliphatic rings. The summed E-state index contributed by atoms with van der Waals surface area (Å²) in [6, 6.07) is 19.2. The van der Waals surface area contributed by atoms with E-state index in [2.05, 4.69) is 52.3 Å². The number of hydrogen-bond donors (Lipinski definition) is 1. The van der Waals surface area contributed by atoms with Crippen LogP contribution in [0.5, 0.6) is 0 Å². The number of carboxylic acids is 1. The van der Waals surface area contributed by atoms with Crippen LogP contribution in [0.2, 0.25) is 5.02 Å². The van der Waals surface area contributed by atoms with Crippen molar-refractivity contribution in [2.75, 3.05) is 26.3 Å². The molecule has 5 rings (SSSR count). The molecule has 0 atom stereocenters. The topological polar surface area (TPSA) is 88.7 Å². The van der Waals surface area contributed by atoms with E-state index in [1.54, 1.807) is 6.07 Å². The van der Waals surface area contributed by atoms with Crippen molar-refractivity contribution in [3.8, 4) is 34.0 Å². The van der Waals surface area contributed by atoms with E-state index >= 15 is 0 Å². The molecule has 35 heavy (non-hydrogen) atoms. The predicted octanol–water partition coefficient (Wildman–Crippen LogP) is 5.56. The van der Waals surface area contributed by atoms with Crippen LogP contribution in [0.4, 0.5) is 0 Å². The molecule has 1 saturated heterocycles. The number of carbonyl (C=O) groups is 1. The highest BCUT2D eigenvalue weighted by molar-refractivity contribution is 6.33. The number of aryl methyl sites for hydroxylation is 1. The van der Waals surface area contributed by atoms with Gasteiger partial charge in [-0.15, -0.1) is 0 Å². The molecule has 1 N–H and O–H groups in total. The van der Waals surface area contributed by atoms with E-state index < -0.39 is 5.97 Å². The van der Waals surface area contributed by atoms with Gasteiger partial charge in [-0.1, -0.05) is 53.2 Å². The normalized spacial score (nSPS) is 14.2. The van der Waals surface area contributed by atoms with Gasteiger partial charge in [0, 0.05) is 30.8 Å². The Bertz CT molecular complexity index is 1380. The molecule has 2 heterocycles. The first-order valence-electron chi connectivity index (χ1n) is 11.4. The highest BCUT2D eigenvalue weighted by atomic mass is 35.5. The van der Waals surface area contributed by atoms with E-state index in [9.17, 15) is 9.90 Å². The van der Waals surface area contributed by atoms with Gasteiger partial charge < -0.3 is 14.4 Å². The van der Waals surface area contributed by atoms with Crippen molar-refractivity contribution in [3.63, 3.8) is 0 Å². The summed E-state index contributed by atoms with van der Waals surface area (Å²) in [7, 11) is 0. The van der Waals surface area contributed by atoms with Crippen LogP contribution in [0.25, 0.3) is 34.0 Å². The number of rotatable bonds is 6. The zero-order valence-electron chi connectivity index (χ0n) is 19.2. The second-order valence-electron chi connectivity index (χ2n) is 8.50. The van der Waals surface area contributed by atoms with Gasteiger partial charge in [0.1, 0.15) is 0 Å². The highest BCUT2D eigenvalue weighted by Crippen LogP contribution is 2.32. The zero-order chi connectivity index (χ0) is 24.4. The van der Waals surface area contributed by atoms with Gasteiger partial charge in [-0.05, 0) is 53.4 Å². The SMILES string of the molecule is Cc1ccccc1-c1ccc(-c2nc(-c3ccc(C(=O)O)c(Cl)c3)no2)cc1CN1CCOCC1. The Hall–Kier alpha value is -3.52. The number of benzene rings is 3. The maximum Gasteiger partial charge on any atom is 0.337 e. The molecule has 7 nitrogen and oxygen atoms in total. The summed E-state index contributed by atoms with van der Waals surface area (Å²) in [6.07, 6.45) is 0. The van der Waals surface area contributed by atoms with Crippen LogP contribution in [-0.4, -0.2) is 52.4 Å². The van der Waals surface area contributed by atoms with Gasteiger partial charge in [0.15, 0.2) is 0 Å². The van der Waals surface area contributed by atoms with Crippen LogP contribution in [0.3, 0.4) is 0 Å². The van der Waals surface area contributed by atoms with Crippen molar-refractivity contribution in [1.82, 2.24) is 15.0 Å². The molecule has 1 aromatic heterocycles. The molecule has 1 aliphatic heterocycles. The number of morpholine rings is 1. The van der Waals surface area contributed by atoms with Crippen LogP contribution in [0, 0.1) is 6.92 Å². The van der Waals surface area contributed by atoms with Gasteiger partial charge in [-0.3, -0.25) is 4.90 Å². The molecule has 178 valence electrons. The first kappa shape index (κ1) is 23.2. The van der Waals surface area contributed by atoms with Crippen molar-refractivity contribution < 1.29 is 19.2 Å². The summed E-state index contributed by atoms with van der Waals surface area (Å²) >= 11 is 6.12. The molecule has 3 aromatic carbocycles. The molecule has 8 heteroatoms. The number of hydrogen-bond acceptors (Lipinski definition) is 6. The molecular weight excluding hydrogens is 466 g/mol. The Kier molecular flexibility index (Phi) is 6.63. The number of aromatic nitrogens is 2. The van der Waals surface area contributed by atoms with Gasteiger partial charge in [-0.2, -0.15) is 4.98 Å². The average molecular weight is 490 g/mol. The van der Waals surface area contributed by atoms with E-state index in [1.165, 1.54) is 34.4 Å². The Morgan fingerprint density at radius 2 is 1.80 bits per heavy atom. The Balaban J connectivity index is 1.50. The van der Waals surface area contributed by atoms with Crippen molar-refractivity contribution in [1.29, 1.82) is 0 Å². The monoisotopic (exact) mass is 489 g/mol. The molecule has 1 fully saturated rings. The number of ether oxygens (including phenoxy) is 1. The molecule has 0 spiro atoms. The lowest BCUT2D eigenvalue weighted by atomic mass is 9.94. The molecule has 0 unspecified atom stereocenters. The summed E-state index contributed by atoms with van der Waals surface area (Å²) < 4.78 is 11.1. The van der Waals surface area contributed by atoms with E-state index in [0.29, 0.717) is 17.3 Å². The number of carboxylic acid groups (broad SMARTS) is 1. The summed E-state index contributed by atoms with van der Waals surface area (Å²) in [6.45, 7) is 6.14. The number of halogens is 1. The van der Waals surface area contributed by atoms with Crippen molar-refractivity contribution in [2.45, 2.75) is 13.5 Å². The van der Waals surface area contributed by atoms with Crippen molar-refractivity contribution in [2.24, 2.45) is 0 Å². The number of nitrogens with zero attached hydrogens (tertiary/aromatic N) is 3. The van der Waals surface area contributed by atoms with Crippen LogP contribution in [0.15, 0.2) is 65.2 Å². The quantitative estimate of drug-likeness (QED) is 0.379. The third-order valence-corrected chi connectivity index (χ3v) is 6.48. The first-order valence-corrected chi connectivity index (χ1v) is 11.7. The van der Waals surface area contributed by atoms with Crippen molar-refractivity contribution >= 4 is 17.6 Å². The molecule has 4 aromatic rings. The molecular formula is C27H24ClN3O4. The van der Waals surface area contributed by atoms with Gasteiger partial charge in [-0.25, -0.2) is 4.79 Å². The smallest absolute Gasteiger partial charge is 0.337 e. The third-order valence-electron chi connectivity index (χ3n) is 6.17. The lowest BCUT2D eigenvalue weighted by molar-refractivity contribution is 0.0342. The van der Waals surface area contributed by atoms with Crippen molar-refractivity contribution in [3.05, 3.63) is 82.4 Å². The largest absolute Gasteiger partial charge is 0.478 e. The highest BCUT2D eigenvalue weighted by Gasteiger charge is 2.18. The molecule has 0 saturated carbocycles. The minimum atomic E-state index is -1.09. The number of aromatic carboxylic acids is 1. The third kappa shape index (κ3) is 4.98. The zero-order valence-corrected chi connectivity index (χ0v) is 20.0. The lowest BCUT2D eigenvalue weighted by Crippen LogP contribution is -2.35. The summed E-state index contributed by atoms with van der Waals surface area (Å²) in [4.78, 5) is 18.2. The van der Waals surface area contributed by atoms with Crippen LogP contribution in [-0.2, 0) is 11.3 Å². The minimum absolute atomic E-state index is 0.0266. The fourth-order valence-corrected chi connectivity index (χ4v) is 4.54. The van der Waals surface area contributed by atoms with Crippen LogP contribution < -0.4 is 0 Å². The van der Waals surface area contributed by atoms with Gasteiger partial charge in [0.25, 0.3) is 5.89 Å². The minimum Gasteiger partial charge on any atom is -0.478 e. The second-order valence-corrected chi connectivity index (χ2v) is 8.91. The Morgan fingerprint density at radius 3 is 2.54 bits per heavy atom. The van der Waals surface area contributed by atoms with Crippen LogP contribution >= 0.6 is 11.6 Å². The van der Waals surface area contributed by atoms with Gasteiger partial charge >= 0.3 is 5.97 Å². The molecule has 0 radical (unpaired) electrons. The second kappa shape index (κ2) is 10.00. The maximum absolute atomic E-state index is 11.2. The fraction of sp³-hybridized carbons (Fsp3) is 0.222. The lowest BCUT2D eigenvalue weighted by Gasteiger charge is -2.27. The standard InChI is InChI=1S/C27H24ClN3O4/c1-17-4-2-3-5-21(17)22-8-7-19(14-20(22)16-31-10-12-34-13-11-31)26-29-25(30-35-26)18-6-9-23(27(32)33)24(28)15-18/h2-9,14-15H,10-13,16H2,1H3,(H,32,33). The Labute approximate surface area is 207 Å². The summed E-state index contributed by atoms with van der Waals surface area (Å²) in [5.41, 5.74) is 6.18. The van der Waals surface area contributed by atoms with E-state index in [1.807, 2.05) is 12.1 Å². The molecule has 0 amide bonds. The van der Waals surface area contributed by atoms with E-state index in [-0.39, 0.29) is 10.6 Å². The van der Waals surface area contributed by atoms with Gasteiger partial charge in [0.2, 0.25) is 5.82 Å². The Morgan fingerprint density at radius 1 is 1.03 bits per heavy atom. The van der Waals surface area contributed by atoms with Crippen LogP contribution in [0.1, 0.15) is 21.5 Å². The maximum atomic E-state index is 11.2. The average Bonchev–Trinajstić information content (AvgIpc) is 3.35. The molecule has 0 aliphatic carbocycles. The summed E-state index contributed by atoms with van der Waals surface area (Å²) in [5, 5.41) is 13.4. The summed E-state index contributed by atoms with van der Waals surface area (Å²) in [5.74, 6) is -0.355. The van der Waals surface area contributed by atoms with Gasteiger partial charge in [0.05, 0.1) is 23.8 Å². The fourth-order valence-electron chi connectivity index (χ4n) is 4.28. The molecule has 0 bridgehead atoms. The van der Waals surface area contributed by atoms with E-state index in [4.69, 9.17) is 20.9 Å². The first-order chi connectivity index (χ1) is 17.0.